The minimum atomic E-state index is -1.73. The topological polar surface area (TPSA) is 105 Å². The molecule has 8 nitrogen and oxygen atoms in total. The van der Waals surface area contributed by atoms with Crippen molar-refractivity contribution in [3.63, 3.8) is 0 Å². The Morgan fingerprint density at radius 3 is 2.43 bits per heavy atom. The van der Waals surface area contributed by atoms with Gasteiger partial charge in [-0.3, -0.25) is 19.7 Å². The second-order valence-corrected chi connectivity index (χ2v) is 6.61. The number of nitrogens with zero attached hydrogens (tertiary/aromatic N) is 2. The van der Waals surface area contributed by atoms with Gasteiger partial charge >= 0.3 is 0 Å². The van der Waals surface area contributed by atoms with Crippen LogP contribution in [0.4, 0.5) is 30.2 Å². The molecule has 0 unspecified atom stereocenters. The number of amides is 2. The molecule has 0 aromatic heterocycles. The number of rotatable bonds is 6. The molecule has 0 aliphatic carbocycles. The van der Waals surface area contributed by atoms with E-state index in [9.17, 15) is 32.9 Å². The van der Waals surface area contributed by atoms with Crippen LogP contribution < -0.4 is 15.5 Å². The lowest BCUT2D eigenvalue weighted by Gasteiger charge is -2.17. The van der Waals surface area contributed by atoms with Crippen LogP contribution in [-0.2, 0) is 4.79 Å². The number of anilines is 2. The molecule has 1 heterocycles. The highest BCUT2D eigenvalue weighted by Crippen LogP contribution is 2.31. The van der Waals surface area contributed by atoms with Crippen LogP contribution in [0.3, 0.4) is 0 Å². The van der Waals surface area contributed by atoms with Crippen molar-refractivity contribution >= 4 is 28.9 Å². The van der Waals surface area contributed by atoms with E-state index < -0.39 is 46.4 Å². The summed E-state index contributed by atoms with van der Waals surface area (Å²) in [6.07, 6.45) is 1.85. The third-order valence-corrected chi connectivity index (χ3v) is 4.60. The number of hydrogen-bond donors (Lipinski definition) is 2. The summed E-state index contributed by atoms with van der Waals surface area (Å²) in [4.78, 5) is 36.8. The number of hydrogen-bond acceptors (Lipinski definition) is 5. The molecule has 0 spiro atoms. The maximum atomic E-state index is 13.6. The quantitative estimate of drug-likeness (QED) is 0.423. The van der Waals surface area contributed by atoms with Gasteiger partial charge in [0.2, 0.25) is 5.91 Å². The molecule has 11 heteroatoms. The van der Waals surface area contributed by atoms with E-state index >= 15 is 0 Å². The van der Waals surface area contributed by atoms with Crippen molar-refractivity contribution in [2.24, 2.45) is 0 Å². The molecule has 0 atom stereocenters. The summed E-state index contributed by atoms with van der Waals surface area (Å²) in [6, 6.07) is 5.50. The van der Waals surface area contributed by atoms with Gasteiger partial charge in [0, 0.05) is 24.7 Å². The van der Waals surface area contributed by atoms with Crippen molar-refractivity contribution in [2.45, 2.75) is 12.8 Å². The minimum Gasteiger partial charge on any atom is -0.366 e. The maximum Gasteiger partial charge on any atom is 0.293 e. The molecule has 0 bridgehead atoms. The average molecular weight is 422 g/mol. The molecule has 2 aromatic rings. The molecular weight excluding hydrogens is 405 g/mol. The standard InChI is InChI=1S/C19H17F3N4O4/c20-12-4-5-13(18(22)17(12)21)24-16(27)10-23-19(28)11-3-6-14(15(9-11)26(29)30)25-7-1-2-8-25/h3-6,9H,1-2,7-8,10H2,(H,23,28)(H,24,27). The van der Waals surface area contributed by atoms with Crippen LogP contribution in [0, 0.1) is 27.6 Å². The van der Waals surface area contributed by atoms with E-state index in [-0.39, 0.29) is 11.3 Å². The molecule has 158 valence electrons. The predicted molar refractivity (Wildman–Crippen MR) is 102 cm³/mol. The second kappa shape index (κ2) is 8.80. The van der Waals surface area contributed by atoms with Gasteiger partial charge in [-0.2, -0.15) is 0 Å². The highest BCUT2D eigenvalue weighted by molar-refractivity contribution is 6.00. The van der Waals surface area contributed by atoms with Gasteiger partial charge in [0.05, 0.1) is 17.2 Å². The zero-order valence-electron chi connectivity index (χ0n) is 15.6. The molecule has 0 saturated carbocycles. The molecule has 3 rings (SSSR count). The van der Waals surface area contributed by atoms with Crippen molar-refractivity contribution in [1.29, 1.82) is 0 Å². The van der Waals surface area contributed by atoms with Gasteiger partial charge in [-0.05, 0) is 37.1 Å². The molecule has 1 saturated heterocycles. The SMILES string of the molecule is O=C(CNC(=O)c1ccc(N2CCCC2)c([N+](=O)[O-])c1)Nc1ccc(F)c(F)c1F. The van der Waals surface area contributed by atoms with Crippen LogP contribution in [0.5, 0.6) is 0 Å². The summed E-state index contributed by atoms with van der Waals surface area (Å²) < 4.78 is 39.7. The summed E-state index contributed by atoms with van der Waals surface area (Å²) in [6.45, 7) is 0.763. The molecular formula is C19H17F3N4O4. The molecule has 1 aliphatic rings. The van der Waals surface area contributed by atoms with Crippen LogP contribution in [0.25, 0.3) is 0 Å². The fourth-order valence-electron chi connectivity index (χ4n) is 3.12. The first-order valence-corrected chi connectivity index (χ1v) is 9.03. The predicted octanol–water partition coefficient (Wildman–Crippen LogP) is 2.98. The molecule has 2 amide bonds. The molecule has 30 heavy (non-hydrogen) atoms. The highest BCUT2D eigenvalue weighted by Gasteiger charge is 2.24. The maximum absolute atomic E-state index is 13.6. The summed E-state index contributed by atoms with van der Waals surface area (Å²) in [5.41, 5.74) is -0.423. The number of nitro benzene ring substituents is 1. The zero-order chi connectivity index (χ0) is 21.8. The fraction of sp³-hybridized carbons (Fsp3) is 0.263. The van der Waals surface area contributed by atoms with Gasteiger partial charge in [0.15, 0.2) is 17.5 Å². The molecule has 2 N–H and O–H groups in total. The average Bonchev–Trinajstić information content (AvgIpc) is 3.26. The van der Waals surface area contributed by atoms with Gasteiger partial charge in [0.1, 0.15) is 5.69 Å². The second-order valence-electron chi connectivity index (χ2n) is 6.61. The summed E-state index contributed by atoms with van der Waals surface area (Å²) >= 11 is 0. The van der Waals surface area contributed by atoms with Crippen molar-refractivity contribution < 1.29 is 27.7 Å². The number of benzene rings is 2. The van der Waals surface area contributed by atoms with E-state index in [1.807, 2.05) is 10.2 Å². The fourth-order valence-corrected chi connectivity index (χ4v) is 3.12. The third kappa shape index (κ3) is 4.50. The van der Waals surface area contributed by atoms with Crippen molar-refractivity contribution in [1.82, 2.24) is 5.32 Å². The number of carbonyl (C=O) groups is 2. The lowest BCUT2D eigenvalue weighted by atomic mass is 10.1. The monoisotopic (exact) mass is 422 g/mol. The number of nitrogens with one attached hydrogen (secondary N) is 2. The number of nitro groups is 1. The smallest absolute Gasteiger partial charge is 0.293 e. The molecule has 1 fully saturated rings. The van der Waals surface area contributed by atoms with Crippen LogP contribution in [0.2, 0.25) is 0 Å². The van der Waals surface area contributed by atoms with Crippen LogP contribution in [0.15, 0.2) is 30.3 Å². The Morgan fingerprint density at radius 1 is 1.07 bits per heavy atom. The van der Waals surface area contributed by atoms with Gasteiger partial charge in [-0.25, -0.2) is 13.2 Å². The molecule has 0 radical (unpaired) electrons. The summed E-state index contributed by atoms with van der Waals surface area (Å²) in [7, 11) is 0. The Kier molecular flexibility index (Phi) is 6.19. The molecule has 2 aromatic carbocycles. The number of carbonyl (C=O) groups excluding carboxylic acids is 2. The first kappa shape index (κ1) is 21.1. The summed E-state index contributed by atoms with van der Waals surface area (Å²) in [5.74, 6) is -6.36. The first-order chi connectivity index (χ1) is 14.3. The van der Waals surface area contributed by atoms with Crippen molar-refractivity contribution in [3.05, 3.63) is 63.5 Å². The Hall–Kier alpha value is -3.63. The number of halogens is 3. The van der Waals surface area contributed by atoms with Crippen molar-refractivity contribution in [2.75, 3.05) is 29.9 Å². The molecule has 1 aliphatic heterocycles. The summed E-state index contributed by atoms with van der Waals surface area (Å²) in [5, 5.41) is 15.6. The Morgan fingerprint density at radius 2 is 1.77 bits per heavy atom. The van der Waals surface area contributed by atoms with E-state index in [1.165, 1.54) is 12.1 Å². The van der Waals surface area contributed by atoms with Gasteiger partial charge in [0.25, 0.3) is 11.6 Å². The lowest BCUT2D eigenvalue weighted by Crippen LogP contribution is -2.33. The normalized spacial score (nSPS) is 13.2. The van der Waals surface area contributed by atoms with Gasteiger partial charge in [-0.1, -0.05) is 0 Å². The van der Waals surface area contributed by atoms with Crippen LogP contribution >= 0.6 is 0 Å². The highest BCUT2D eigenvalue weighted by atomic mass is 19.2. The van der Waals surface area contributed by atoms with E-state index in [0.717, 1.165) is 25.0 Å². The lowest BCUT2D eigenvalue weighted by molar-refractivity contribution is -0.384. The Bertz CT molecular complexity index is 1010. The van der Waals surface area contributed by atoms with Crippen LogP contribution in [0.1, 0.15) is 23.2 Å². The largest absolute Gasteiger partial charge is 0.366 e. The van der Waals surface area contributed by atoms with E-state index in [0.29, 0.717) is 24.8 Å². The minimum absolute atomic E-state index is 0.0311. The Balaban J connectivity index is 1.66. The van der Waals surface area contributed by atoms with E-state index in [2.05, 4.69) is 5.32 Å². The third-order valence-electron chi connectivity index (χ3n) is 4.60. The Labute approximate surface area is 168 Å². The van der Waals surface area contributed by atoms with Gasteiger partial charge in [-0.15, -0.1) is 0 Å². The van der Waals surface area contributed by atoms with Crippen LogP contribution in [-0.4, -0.2) is 36.4 Å². The van der Waals surface area contributed by atoms with Gasteiger partial charge < -0.3 is 15.5 Å². The van der Waals surface area contributed by atoms with Crippen molar-refractivity contribution in [3.8, 4) is 0 Å². The zero-order valence-corrected chi connectivity index (χ0v) is 15.6. The van der Waals surface area contributed by atoms with E-state index in [4.69, 9.17) is 0 Å². The van der Waals surface area contributed by atoms with E-state index in [1.54, 1.807) is 0 Å². The first-order valence-electron chi connectivity index (χ1n) is 9.03.